The molecule has 4 aromatic rings. The first-order valence-electron chi connectivity index (χ1n) is 9.05. The minimum Gasteiger partial charge on any atom is -0.506 e. The highest BCUT2D eigenvalue weighted by molar-refractivity contribution is 6.35. The molecule has 0 aliphatic rings. The van der Waals surface area contributed by atoms with E-state index in [0.29, 0.717) is 39.8 Å². The quantitative estimate of drug-likeness (QED) is 0.496. The molecule has 148 valence electrons. The fraction of sp³-hybridized carbons (Fsp3) is 0.190. The summed E-state index contributed by atoms with van der Waals surface area (Å²) in [6.07, 6.45) is 0. The van der Waals surface area contributed by atoms with Crippen LogP contribution in [0.3, 0.4) is 0 Å². The molecular formula is C21H18ClN3O4. The van der Waals surface area contributed by atoms with Crippen molar-refractivity contribution in [3.8, 4) is 34.3 Å². The maximum Gasteiger partial charge on any atom is 0.267 e. The Kier molecular flexibility index (Phi) is 4.98. The Balaban J connectivity index is 1.69. The monoisotopic (exact) mass is 411 g/mol. The van der Waals surface area contributed by atoms with Gasteiger partial charge in [-0.25, -0.2) is 0 Å². The smallest absolute Gasteiger partial charge is 0.267 e. The van der Waals surface area contributed by atoms with Crippen LogP contribution in [0.1, 0.15) is 13.8 Å². The van der Waals surface area contributed by atoms with Gasteiger partial charge in [-0.2, -0.15) is 4.98 Å². The zero-order valence-electron chi connectivity index (χ0n) is 15.8. The van der Waals surface area contributed by atoms with E-state index in [-0.39, 0.29) is 17.2 Å². The van der Waals surface area contributed by atoms with Crippen molar-refractivity contribution < 1.29 is 14.4 Å². The zero-order valence-corrected chi connectivity index (χ0v) is 16.5. The zero-order chi connectivity index (χ0) is 20.5. The molecule has 0 aliphatic carbocycles. The number of nitrogens with one attached hydrogen (secondary N) is 1. The van der Waals surface area contributed by atoms with Crippen LogP contribution in [0.25, 0.3) is 33.7 Å². The summed E-state index contributed by atoms with van der Waals surface area (Å²) in [5, 5.41) is 15.2. The van der Waals surface area contributed by atoms with Crippen molar-refractivity contribution in [1.29, 1.82) is 0 Å². The largest absolute Gasteiger partial charge is 0.506 e. The molecule has 0 radical (unpaired) electrons. The predicted octanol–water partition coefficient (Wildman–Crippen LogP) is 4.64. The van der Waals surface area contributed by atoms with Crippen molar-refractivity contribution in [3.05, 3.63) is 57.8 Å². The number of hydrogen-bond donors (Lipinski definition) is 2. The van der Waals surface area contributed by atoms with Crippen LogP contribution in [0.4, 0.5) is 0 Å². The molecule has 0 saturated heterocycles. The first-order chi connectivity index (χ1) is 13.9. The molecule has 0 fully saturated rings. The molecule has 2 heterocycles. The van der Waals surface area contributed by atoms with Crippen molar-refractivity contribution >= 4 is 22.5 Å². The summed E-state index contributed by atoms with van der Waals surface area (Å²) in [5.74, 6) is 1.11. The number of aromatic hydroxyl groups is 1. The van der Waals surface area contributed by atoms with E-state index in [1.54, 1.807) is 30.3 Å². The summed E-state index contributed by atoms with van der Waals surface area (Å²) in [7, 11) is 0. The van der Waals surface area contributed by atoms with Gasteiger partial charge in [0.25, 0.3) is 11.4 Å². The molecular weight excluding hydrogens is 394 g/mol. The summed E-state index contributed by atoms with van der Waals surface area (Å²) in [5.41, 5.74) is 0.361. The third-order valence-corrected chi connectivity index (χ3v) is 4.62. The lowest BCUT2D eigenvalue weighted by Crippen LogP contribution is -2.09. The first-order valence-corrected chi connectivity index (χ1v) is 9.42. The van der Waals surface area contributed by atoms with Crippen LogP contribution in [-0.4, -0.2) is 26.8 Å². The molecule has 0 atom stereocenters. The van der Waals surface area contributed by atoms with E-state index in [1.165, 1.54) is 0 Å². The number of para-hydroxylation sites is 1. The lowest BCUT2D eigenvalue weighted by molar-refractivity contribution is 0.271. The molecule has 0 bridgehead atoms. The number of aromatic amines is 1. The average Bonchev–Trinajstić information content (AvgIpc) is 3.17. The van der Waals surface area contributed by atoms with E-state index in [2.05, 4.69) is 29.0 Å². The Morgan fingerprint density at radius 3 is 2.69 bits per heavy atom. The molecule has 4 rings (SSSR count). The van der Waals surface area contributed by atoms with Crippen LogP contribution in [0.5, 0.6) is 11.5 Å². The van der Waals surface area contributed by atoms with Crippen LogP contribution in [0, 0.1) is 5.92 Å². The summed E-state index contributed by atoms with van der Waals surface area (Å²) in [4.78, 5) is 19.4. The number of fused-ring (bicyclic) bond motifs is 1. The van der Waals surface area contributed by atoms with Crippen LogP contribution >= 0.6 is 11.6 Å². The molecule has 7 nitrogen and oxygen atoms in total. The van der Waals surface area contributed by atoms with Gasteiger partial charge in [0.05, 0.1) is 17.1 Å². The van der Waals surface area contributed by atoms with Gasteiger partial charge < -0.3 is 19.4 Å². The highest BCUT2D eigenvalue weighted by atomic mass is 35.5. The Bertz CT molecular complexity index is 1230. The van der Waals surface area contributed by atoms with Gasteiger partial charge in [-0.05, 0) is 42.3 Å². The van der Waals surface area contributed by atoms with Crippen molar-refractivity contribution in [2.45, 2.75) is 13.8 Å². The van der Waals surface area contributed by atoms with E-state index >= 15 is 0 Å². The SMILES string of the molecule is CC(C)COc1ccc(-c2noc(-c3c(O)c4cccc(Cl)c4[nH]c3=O)n2)cc1. The molecule has 2 aromatic heterocycles. The van der Waals surface area contributed by atoms with E-state index in [0.717, 1.165) is 5.75 Å². The maximum atomic E-state index is 12.5. The number of hydrogen-bond acceptors (Lipinski definition) is 6. The molecule has 0 spiro atoms. The first kappa shape index (κ1) is 19.0. The molecule has 8 heteroatoms. The third-order valence-electron chi connectivity index (χ3n) is 4.31. The number of H-pyrrole nitrogens is 1. The fourth-order valence-electron chi connectivity index (χ4n) is 2.87. The predicted molar refractivity (Wildman–Crippen MR) is 110 cm³/mol. The molecule has 2 aromatic carbocycles. The fourth-order valence-corrected chi connectivity index (χ4v) is 3.09. The number of halogens is 1. The standard InChI is InChI=1S/C21H18ClN3O4/c1-11(2)10-28-13-8-6-12(7-9-13)19-24-21(29-25-19)16-18(26)14-4-3-5-15(22)17(14)23-20(16)27/h3-9,11H,10H2,1-2H3,(H2,23,26,27). The molecule has 29 heavy (non-hydrogen) atoms. The lowest BCUT2D eigenvalue weighted by Gasteiger charge is -2.08. The second-order valence-corrected chi connectivity index (χ2v) is 7.40. The molecule has 0 saturated carbocycles. The van der Waals surface area contributed by atoms with E-state index in [9.17, 15) is 9.90 Å². The van der Waals surface area contributed by atoms with Gasteiger partial charge in [-0.1, -0.05) is 36.7 Å². The minimum atomic E-state index is -0.573. The maximum absolute atomic E-state index is 12.5. The Morgan fingerprint density at radius 1 is 1.21 bits per heavy atom. The highest BCUT2D eigenvalue weighted by Gasteiger charge is 2.21. The number of aromatic nitrogens is 3. The van der Waals surface area contributed by atoms with Crippen LogP contribution in [0.2, 0.25) is 5.02 Å². The van der Waals surface area contributed by atoms with Gasteiger partial charge in [0, 0.05) is 10.9 Å². The summed E-state index contributed by atoms with van der Waals surface area (Å²) >= 11 is 6.09. The Hall–Kier alpha value is -3.32. The summed E-state index contributed by atoms with van der Waals surface area (Å²) in [6, 6.07) is 12.2. The molecule has 0 unspecified atom stereocenters. The second kappa shape index (κ2) is 7.60. The van der Waals surface area contributed by atoms with Crippen LogP contribution in [-0.2, 0) is 0 Å². The summed E-state index contributed by atoms with van der Waals surface area (Å²) < 4.78 is 10.9. The third kappa shape index (κ3) is 3.69. The van der Waals surface area contributed by atoms with Crippen molar-refractivity contribution in [1.82, 2.24) is 15.1 Å². The van der Waals surface area contributed by atoms with E-state index in [1.807, 2.05) is 12.1 Å². The normalized spacial score (nSPS) is 11.3. The number of pyridine rings is 1. The number of rotatable bonds is 5. The molecule has 2 N–H and O–H groups in total. The topological polar surface area (TPSA) is 101 Å². The van der Waals surface area contributed by atoms with Crippen molar-refractivity contribution in [2.75, 3.05) is 6.61 Å². The van der Waals surface area contributed by atoms with E-state index < -0.39 is 5.56 Å². The minimum absolute atomic E-state index is 0.0826. The Morgan fingerprint density at radius 2 is 1.97 bits per heavy atom. The van der Waals surface area contributed by atoms with Crippen LogP contribution < -0.4 is 10.3 Å². The van der Waals surface area contributed by atoms with Gasteiger partial charge in [0.1, 0.15) is 17.1 Å². The molecule has 0 amide bonds. The number of benzene rings is 2. The van der Waals surface area contributed by atoms with Gasteiger partial charge >= 0.3 is 0 Å². The van der Waals surface area contributed by atoms with Gasteiger partial charge in [-0.15, -0.1) is 0 Å². The van der Waals surface area contributed by atoms with Gasteiger partial charge in [0.15, 0.2) is 0 Å². The van der Waals surface area contributed by atoms with E-state index in [4.69, 9.17) is 20.9 Å². The summed E-state index contributed by atoms with van der Waals surface area (Å²) in [6.45, 7) is 4.78. The Labute approximate surface area is 170 Å². The van der Waals surface area contributed by atoms with Crippen molar-refractivity contribution in [2.24, 2.45) is 5.92 Å². The number of nitrogens with zero attached hydrogens (tertiary/aromatic N) is 2. The van der Waals surface area contributed by atoms with Gasteiger partial charge in [-0.3, -0.25) is 4.79 Å². The van der Waals surface area contributed by atoms with Gasteiger partial charge in [0.2, 0.25) is 5.82 Å². The van der Waals surface area contributed by atoms with Crippen LogP contribution in [0.15, 0.2) is 51.8 Å². The van der Waals surface area contributed by atoms with Crippen molar-refractivity contribution in [3.63, 3.8) is 0 Å². The average molecular weight is 412 g/mol. The lowest BCUT2D eigenvalue weighted by atomic mass is 10.1. The highest BCUT2D eigenvalue weighted by Crippen LogP contribution is 2.34. The molecule has 0 aliphatic heterocycles. The number of ether oxygens (including phenoxy) is 1. The second-order valence-electron chi connectivity index (χ2n) is 6.99.